The molecular formula is C15H22FNO2. The van der Waals surface area contributed by atoms with Gasteiger partial charge < -0.3 is 5.11 Å². The molecule has 0 aliphatic carbocycles. The second kappa shape index (κ2) is 7.24. The van der Waals surface area contributed by atoms with Gasteiger partial charge in [-0.05, 0) is 37.6 Å². The monoisotopic (exact) mass is 267 g/mol. The zero-order chi connectivity index (χ0) is 14.4. The summed E-state index contributed by atoms with van der Waals surface area (Å²) in [7, 11) is 0. The minimum Gasteiger partial charge on any atom is -0.481 e. The molecule has 1 aromatic carbocycles. The number of halogens is 1. The highest BCUT2D eigenvalue weighted by Gasteiger charge is 2.24. The molecule has 1 aromatic rings. The molecule has 2 atom stereocenters. The van der Waals surface area contributed by atoms with E-state index in [4.69, 9.17) is 5.11 Å². The van der Waals surface area contributed by atoms with Crippen LogP contribution in [0.2, 0.25) is 0 Å². The van der Waals surface area contributed by atoms with Gasteiger partial charge in [-0.2, -0.15) is 0 Å². The maximum absolute atomic E-state index is 13.3. The zero-order valence-corrected chi connectivity index (χ0v) is 11.8. The summed E-state index contributed by atoms with van der Waals surface area (Å²) < 4.78 is 13.3. The van der Waals surface area contributed by atoms with Gasteiger partial charge in [-0.1, -0.05) is 26.0 Å². The number of benzene rings is 1. The lowest BCUT2D eigenvalue weighted by molar-refractivity contribution is -0.138. The Morgan fingerprint density at radius 1 is 1.42 bits per heavy atom. The van der Waals surface area contributed by atoms with Gasteiger partial charge in [0.05, 0.1) is 6.42 Å². The van der Waals surface area contributed by atoms with Crippen molar-refractivity contribution in [3.8, 4) is 0 Å². The van der Waals surface area contributed by atoms with Crippen LogP contribution in [-0.4, -0.2) is 28.6 Å². The molecule has 0 fully saturated rings. The summed E-state index contributed by atoms with van der Waals surface area (Å²) >= 11 is 0. The topological polar surface area (TPSA) is 40.5 Å². The number of carboxylic acids is 1. The molecule has 0 aliphatic rings. The summed E-state index contributed by atoms with van der Waals surface area (Å²) in [5.74, 6) is -1.06. The Morgan fingerprint density at radius 3 is 2.58 bits per heavy atom. The molecule has 0 bridgehead atoms. The fourth-order valence-electron chi connectivity index (χ4n) is 2.58. The summed E-state index contributed by atoms with van der Waals surface area (Å²) in [5.41, 5.74) is 0.904. The van der Waals surface area contributed by atoms with Crippen LogP contribution in [0, 0.1) is 5.82 Å². The molecule has 0 saturated heterocycles. The van der Waals surface area contributed by atoms with Crippen molar-refractivity contribution in [2.75, 3.05) is 6.54 Å². The Morgan fingerprint density at radius 2 is 2.11 bits per heavy atom. The van der Waals surface area contributed by atoms with Gasteiger partial charge in [-0.25, -0.2) is 4.39 Å². The van der Waals surface area contributed by atoms with Crippen LogP contribution in [0.1, 0.15) is 45.2 Å². The first kappa shape index (κ1) is 15.6. The van der Waals surface area contributed by atoms with E-state index in [9.17, 15) is 9.18 Å². The van der Waals surface area contributed by atoms with E-state index >= 15 is 0 Å². The van der Waals surface area contributed by atoms with Crippen molar-refractivity contribution in [1.29, 1.82) is 0 Å². The lowest BCUT2D eigenvalue weighted by Gasteiger charge is -2.35. The number of aliphatic carboxylic acids is 1. The van der Waals surface area contributed by atoms with Crippen molar-refractivity contribution in [1.82, 2.24) is 4.90 Å². The van der Waals surface area contributed by atoms with Crippen LogP contribution in [0.5, 0.6) is 0 Å². The maximum Gasteiger partial charge on any atom is 0.304 e. The fraction of sp³-hybridized carbons (Fsp3) is 0.533. The lowest BCUT2D eigenvalue weighted by Crippen LogP contribution is -2.37. The number of nitrogens with zero attached hydrogens (tertiary/aromatic N) is 1. The Bertz CT molecular complexity index is 422. The Balaban J connectivity index is 2.95. The summed E-state index contributed by atoms with van der Waals surface area (Å²) in [5, 5.41) is 8.91. The predicted octanol–water partition coefficient (Wildman–Crippen LogP) is 3.46. The number of hydrogen-bond acceptors (Lipinski definition) is 2. The van der Waals surface area contributed by atoms with E-state index in [0.29, 0.717) is 0 Å². The first-order valence-electron chi connectivity index (χ1n) is 6.72. The second-order valence-corrected chi connectivity index (χ2v) is 4.76. The SMILES string of the molecule is CCC(c1cccc(F)c1)N(CC)C(C)CC(=O)O. The molecule has 0 saturated carbocycles. The summed E-state index contributed by atoms with van der Waals surface area (Å²) in [6.07, 6.45) is 0.918. The van der Waals surface area contributed by atoms with Crippen LogP contribution < -0.4 is 0 Å². The Kier molecular flexibility index (Phi) is 5.96. The first-order chi connectivity index (χ1) is 8.99. The van der Waals surface area contributed by atoms with Crippen LogP contribution in [0.3, 0.4) is 0 Å². The normalized spacial score (nSPS) is 14.4. The quantitative estimate of drug-likeness (QED) is 0.822. The smallest absolute Gasteiger partial charge is 0.304 e. The molecule has 0 heterocycles. The average Bonchev–Trinajstić information content (AvgIpc) is 2.34. The molecule has 0 aliphatic heterocycles. The average molecular weight is 267 g/mol. The van der Waals surface area contributed by atoms with Gasteiger partial charge in [0.1, 0.15) is 5.82 Å². The van der Waals surface area contributed by atoms with Crippen molar-refractivity contribution in [2.45, 2.75) is 45.7 Å². The van der Waals surface area contributed by atoms with Crippen LogP contribution in [-0.2, 0) is 4.79 Å². The number of carbonyl (C=O) groups is 1. The molecule has 0 spiro atoms. The first-order valence-corrected chi connectivity index (χ1v) is 6.72. The summed E-state index contributed by atoms with van der Waals surface area (Å²) in [6, 6.07) is 6.53. The van der Waals surface area contributed by atoms with Gasteiger partial charge in [0, 0.05) is 12.1 Å². The fourth-order valence-corrected chi connectivity index (χ4v) is 2.58. The molecule has 0 radical (unpaired) electrons. The molecule has 1 rings (SSSR count). The largest absolute Gasteiger partial charge is 0.481 e. The molecule has 1 N–H and O–H groups in total. The minimum atomic E-state index is -0.806. The molecule has 3 nitrogen and oxygen atoms in total. The van der Waals surface area contributed by atoms with E-state index in [1.807, 2.05) is 26.8 Å². The van der Waals surface area contributed by atoms with Crippen molar-refractivity contribution in [3.05, 3.63) is 35.6 Å². The van der Waals surface area contributed by atoms with Gasteiger partial charge >= 0.3 is 5.97 Å². The molecule has 4 heteroatoms. The number of hydrogen-bond donors (Lipinski definition) is 1. The van der Waals surface area contributed by atoms with E-state index in [-0.39, 0.29) is 24.3 Å². The Labute approximate surface area is 114 Å². The van der Waals surface area contributed by atoms with Crippen molar-refractivity contribution >= 4 is 5.97 Å². The standard InChI is InChI=1S/C15H22FNO2/c1-4-14(12-7-6-8-13(16)10-12)17(5-2)11(3)9-15(18)19/h6-8,10-11,14H,4-5,9H2,1-3H3,(H,18,19). The van der Waals surface area contributed by atoms with Gasteiger partial charge in [0.15, 0.2) is 0 Å². The minimum absolute atomic E-state index is 0.0510. The molecular weight excluding hydrogens is 245 g/mol. The Hall–Kier alpha value is -1.42. The van der Waals surface area contributed by atoms with Crippen LogP contribution in [0.15, 0.2) is 24.3 Å². The summed E-state index contributed by atoms with van der Waals surface area (Å²) in [4.78, 5) is 13.0. The number of carboxylic acid groups (broad SMARTS) is 1. The van der Waals surface area contributed by atoms with Crippen molar-refractivity contribution < 1.29 is 14.3 Å². The molecule has 0 aromatic heterocycles. The second-order valence-electron chi connectivity index (χ2n) is 4.76. The molecule has 106 valence electrons. The van der Waals surface area contributed by atoms with Crippen LogP contribution in [0.4, 0.5) is 4.39 Å². The van der Waals surface area contributed by atoms with Crippen molar-refractivity contribution in [2.24, 2.45) is 0 Å². The number of rotatable bonds is 7. The van der Waals surface area contributed by atoms with E-state index in [1.165, 1.54) is 12.1 Å². The van der Waals surface area contributed by atoms with Crippen LogP contribution in [0.25, 0.3) is 0 Å². The predicted molar refractivity (Wildman–Crippen MR) is 73.5 cm³/mol. The van der Waals surface area contributed by atoms with Crippen molar-refractivity contribution in [3.63, 3.8) is 0 Å². The van der Waals surface area contributed by atoms with Gasteiger partial charge in [-0.3, -0.25) is 9.69 Å². The third-order valence-electron chi connectivity index (χ3n) is 3.42. The highest BCUT2D eigenvalue weighted by Crippen LogP contribution is 2.27. The van der Waals surface area contributed by atoms with Gasteiger partial charge in [0.25, 0.3) is 0 Å². The molecule has 19 heavy (non-hydrogen) atoms. The third-order valence-corrected chi connectivity index (χ3v) is 3.42. The van der Waals surface area contributed by atoms with Gasteiger partial charge in [0.2, 0.25) is 0 Å². The van der Waals surface area contributed by atoms with E-state index in [0.717, 1.165) is 18.5 Å². The third kappa shape index (κ3) is 4.31. The maximum atomic E-state index is 13.3. The highest BCUT2D eigenvalue weighted by molar-refractivity contribution is 5.67. The van der Waals surface area contributed by atoms with Crippen LogP contribution >= 0.6 is 0 Å². The molecule has 0 amide bonds. The van der Waals surface area contributed by atoms with E-state index in [1.54, 1.807) is 6.07 Å². The lowest BCUT2D eigenvalue weighted by atomic mass is 10.00. The zero-order valence-electron chi connectivity index (χ0n) is 11.8. The van der Waals surface area contributed by atoms with E-state index < -0.39 is 5.97 Å². The van der Waals surface area contributed by atoms with E-state index in [2.05, 4.69) is 4.90 Å². The molecule has 2 unspecified atom stereocenters. The van der Waals surface area contributed by atoms with Gasteiger partial charge in [-0.15, -0.1) is 0 Å². The summed E-state index contributed by atoms with van der Waals surface area (Å²) in [6.45, 7) is 6.68. The highest BCUT2D eigenvalue weighted by atomic mass is 19.1.